The van der Waals surface area contributed by atoms with Crippen LogP contribution in [0.3, 0.4) is 0 Å². The molecule has 0 unspecified atom stereocenters. The van der Waals surface area contributed by atoms with Crippen LogP contribution in [0.5, 0.6) is 0 Å². The molecule has 0 saturated carbocycles. The van der Waals surface area contributed by atoms with Crippen molar-refractivity contribution in [2.24, 2.45) is 0 Å². The maximum atomic E-state index is 13.1. The van der Waals surface area contributed by atoms with Crippen molar-refractivity contribution in [3.63, 3.8) is 0 Å². The van der Waals surface area contributed by atoms with Crippen LogP contribution in [0.4, 0.5) is 5.69 Å². The van der Waals surface area contributed by atoms with Crippen LogP contribution in [0.15, 0.2) is 64.5 Å². The molecule has 162 valence electrons. The van der Waals surface area contributed by atoms with Crippen LogP contribution in [0, 0.1) is 11.3 Å². The van der Waals surface area contributed by atoms with Crippen LogP contribution in [0.1, 0.15) is 5.56 Å². The SMILES string of the molecule is N#CC(C(=O)C(=O)N1CCNCC1)=C1SC=C(c2ccc(Cl)cc2Cl)N1c1ccccc1. The van der Waals surface area contributed by atoms with Gasteiger partial charge in [-0.15, -0.1) is 0 Å². The quantitative estimate of drug-likeness (QED) is 0.396. The van der Waals surface area contributed by atoms with E-state index in [9.17, 15) is 14.9 Å². The second-order valence-electron chi connectivity index (χ2n) is 7.08. The average molecular weight is 485 g/mol. The van der Waals surface area contributed by atoms with E-state index >= 15 is 0 Å². The standard InChI is InChI=1S/C23H18Cl2N4O2S/c24-15-6-7-17(19(25)12-15)20-14-32-23(29(20)16-4-2-1-3-5-16)18(13-26)21(30)22(31)28-10-8-27-9-11-28/h1-7,12,14,27H,8-11H2. The number of ketones is 1. The Kier molecular flexibility index (Phi) is 6.87. The van der Waals surface area contributed by atoms with E-state index in [0.29, 0.717) is 52.5 Å². The summed E-state index contributed by atoms with van der Waals surface area (Å²) in [5, 5.41) is 16.2. The fourth-order valence-corrected chi connectivity index (χ4v) is 5.05. The second-order valence-corrected chi connectivity index (χ2v) is 8.78. The van der Waals surface area contributed by atoms with Crippen molar-refractivity contribution in [1.29, 1.82) is 5.26 Å². The molecule has 2 aromatic carbocycles. The number of para-hydroxylation sites is 1. The van der Waals surface area contributed by atoms with Crippen molar-refractivity contribution in [1.82, 2.24) is 10.2 Å². The van der Waals surface area contributed by atoms with E-state index in [4.69, 9.17) is 23.2 Å². The molecule has 2 aliphatic rings. The van der Waals surface area contributed by atoms with Crippen molar-refractivity contribution in [3.8, 4) is 6.07 Å². The molecule has 1 fully saturated rings. The molecule has 2 aromatic rings. The third-order valence-electron chi connectivity index (χ3n) is 5.10. The molecule has 0 aliphatic carbocycles. The fraction of sp³-hybridized carbons (Fsp3) is 0.174. The van der Waals surface area contributed by atoms with Gasteiger partial charge in [0, 0.05) is 47.9 Å². The zero-order valence-corrected chi connectivity index (χ0v) is 19.2. The highest BCUT2D eigenvalue weighted by molar-refractivity contribution is 8.06. The van der Waals surface area contributed by atoms with E-state index in [1.54, 1.807) is 23.1 Å². The minimum absolute atomic E-state index is 0.196. The number of carbonyl (C=O) groups is 2. The topological polar surface area (TPSA) is 76.4 Å². The lowest BCUT2D eigenvalue weighted by Gasteiger charge is -2.27. The highest BCUT2D eigenvalue weighted by Crippen LogP contribution is 2.46. The van der Waals surface area contributed by atoms with Crippen LogP contribution in [-0.4, -0.2) is 42.8 Å². The highest BCUT2D eigenvalue weighted by atomic mass is 35.5. The van der Waals surface area contributed by atoms with Gasteiger partial charge in [-0.3, -0.25) is 9.59 Å². The Morgan fingerprint density at radius 3 is 2.44 bits per heavy atom. The van der Waals surface area contributed by atoms with Crippen LogP contribution in [0.2, 0.25) is 10.0 Å². The van der Waals surface area contributed by atoms with E-state index in [2.05, 4.69) is 5.32 Å². The summed E-state index contributed by atoms with van der Waals surface area (Å²) in [5.41, 5.74) is 1.92. The Labute approximate surface area is 200 Å². The molecule has 0 aromatic heterocycles. The van der Waals surface area contributed by atoms with Crippen LogP contribution < -0.4 is 10.2 Å². The Hall–Kier alpha value is -2.76. The lowest BCUT2D eigenvalue weighted by molar-refractivity contribution is -0.142. The van der Waals surface area contributed by atoms with Gasteiger partial charge < -0.3 is 15.1 Å². The van der Waals surface area contributed by atoms with Gasteiger partial charge in [0.25, 0.3) is 11.7 Å². The van der Waals surface area contributed by atoms with Gasteiger partial charge in [0.1, 0.15) is 16.7 Å². The number of rotatable bonds is 4. The zero-order valence-electron chi connectivity index (χ0n) is 16.8. The van der Waals surface area contributed by atoms with Gasteiger partial charge in [-0.05, 0) is 30.3 Å². The monoisotopic (exact) mass is 484 g/mol. The molecular formula is C23H18Cl2N4O2S. The molecule has 2 aliphatic heterocycles. The zero-order chi connectivity index (χ0) is 22.7. The number of nitrogens with zero attached hydrogens (tertiary/aromatic N) is 3. The summed E-state index contributed by atoms with van der Waals surface area (Å²) < 4.78 is 0. The number of carbonyl (C=O) groups excluding carboxylic acids is 2. The number of nitriles is 1. The lowest BCUT2D eigenvalue weighted by Crippen LogP contribution is -2.49. The summed E-state index contributed by atoms with van der Waals surface area (Å²) in [4.78, 5) is 29.2. The molecule has 0 radical (unpaired) electrons. The third kappa shape index (κ3) is 4.41. The maximum Gasteiger partial charge on any atom is 0.295 e. The smallest absolute Gasteiger partial charge is 0.295 e. The second kappa shape index (κ2) is 9.80. The highest BCUT2D eigenvalue weighted by Gasteiger charge is 2.34. The molecule has 1 amide bonds. The molecule has 0 atom stereocenters. The normalized spacial score (nSPS) is 17.6. The van der Waals surface area contributed by atoms with Gasteiger partial charge in [0.2, 0.25) is 0 Å². The van der Waals surface area contributed by atoms with Crippen molar-refractivity contribution in [2.75, 3.05) is 31.1 Å². The number of halogens is 2. The Balaban J connectivity index is 1.78. The van der Waals surface area contributed by atoms with Crippen LogP contribution in [0.25, 0.3) is 5.70 Å². The molecule has 4 rings (SSSR count). The van der Waals surface area contributed by atoms with Crippen LogP contribution in [-0.2, 0) is 9.59 Å². The predicted octanol–water partition coefficient (Wildman–Crippen LogP) is 4.28. The minimum Gasteiger partial charge on any atom is -0.333 e. The molecule has 1 saturated heterocycles. The number of Topliss-reactive ketones (excluding diaryl/α,β-unsaturated/α-hetero) is 1. The van der Waals surface area contributed by atoms with Gasteiger partial charge >= 0.3 is 0 Å². The average Bonchev–Trinajstić information content (AvgIpc) is 3.24. The van der Waals surface area contributed by atoms with Gasteiger partial charge in [0.15, 0.2) is 0 Å². The number of hydrogen-bond donors (Lipinski definition) is 1. The summed E-state index contributed by atoms with van der Waals surface area (Å²) in [7, 11) is 0. The summed E-state index contributed by atoms with van der Waals surface area (Å²) in [6.07, 6.45) is 0. The minimum atomic E-state index is -0.810. The first kappa shape index (κ1) is 22.4. The number of hydrogen-bond acceptors (Lipinski definition) is 6. The van der Waals surface area contributed by atoms with E-state index in [-0.39, 0.29) is 5.57 Å². The van der Waals surface area contributed by atoms with Gasteiger partial charge in [-0.2, -0.15) is 5.26 Å². The Morgan fingerprint density at radius 1 is 1.06 bits per heavy atom. The van der Waals surface area contributed by atoms with Crippen molar-refractivity contribution in [2.45, 2.75) is 0 Å². The van der Waals surface area contributed by atoms with E-state index in [0.717, 1.165) is 5.69 Å². The number of benzene rings is 2. The number of nitrogens with one attached hydrogen (secondary N) is 1. The van der Waals surface area contributed by atoms with Crippen molar-refractivity contribution >= 4 is 58.0 Å². The van der Waals surface area contributed by atoms with Gasteiger partial charge in [-0.1, -0.05) is 53.2 Å². The van der Waals surface area contributed by atoms with Gasteiger partial charge in [-0.25, -0.2) is 0 Å². The summed E-state index contributed by atoms with van der Waals surface area (Å²) in [5.74, 6) is -1.48. The first-order valence-electron chi connectivity index (χ1n) is 9.87. The Morgan fingerprint density at radius 2 is 1.78 bits per heavy atom. The molecule has 0 spiro atoms. The number of thioether (sulfide) groups is 1. The third-order valence-corrected chi connectivity index (χ3v) is 6.60. The van der Waals surface area contributed by atoms with E-state index < -0.39 is 11.7 Å². The molecule has 32 heavy (non-hydrogen) atoms. The summed E-state index contributed by atoms with van der Waals surface area (Å²) in [6.45, 7) is 2.09. The predicted molar refractivity (Wildman–Crippen MR) is 128 cm³/mol. The molecule has 2 heterocycles. The number of amides is 1. The molecule has 6 nitrogen and oxygen atoms in total. The molecule has 1 N–H and O–H groups in total. The summed E-state index contributed by atoms with van der Waals surface area (Å²) in [6, 6.07) is 16.4. The Bertz CT molecular complexity index is 1170. The first-order valence-corrected chi connectivity index (χ1v) is 11.5. The molecule has 9 heteroatoms. The number of piperazine rings is 1. The molecular weight excluding hydrogens is 467 g/mol. The molecule has 0 bridgehead atoms. The van der Waals surface area contributed by atoms with Crippen LogP contribution >= 0.6 is 35.0 Å². The van der Waals surface area contributed by atoms with Crippen molar-refractivity contribution in [3.05, 3.63) is 80.1 Å². The largest absolute Gasteiger partial charge is 0.333 e. The lowest BCUT2D eigenvalue weighted by atomic mass is 10.1. The first-order chi connectivity index (χ1) is 15.5. The maximum absolute atomic E-state index is 13.1. The number of anilines is 1. The van der Waals surface area contributed by atoms with Crippen molar-refractivity contribution < 1.29 is 9.59 Å². The van der Waals surface area contributed by atoms with E-state index in [1.165, 1.54) is 16.7 Å². The fourth-order valence-electron chi connectivity index (χ4n) is 3.53. The van der Waals surface area contributed by atoms with Gasteiger partial charge in [0.05, 0.1) is 10.7 Å². The summed E-state index contributed by atoms with van der Waals surface area (Å²) >= 11 is 13.7. The van der Waals surface area contributed by atoms with E-state index in [1.807, 2.05) is 41.8 Å².